The van der Waals surface area contributed by atoms with Gasteiger partial charge in [-0.2, -0.15) is 23.5 Å². The molecule has 0 unspecified atom stereocenters. The fraction of sp³-hybridized carbons (Fsp3) is 0.318. The number of alkyl halides is 3. The molecule has 1 saturated carbocycles. The number of carbonyl (C=O) groups excluding carboxylic acids is 1. The molecule has 1 aromatic heterocycles. The molecular formula is C22H20F3N5O. The first-order valence-electron chi connectivity index (χ1n) is 9.95. The summed E-state index contributed by atoms with van der Waals surface area (Å²) in [6.45, 7) is 0. The van der Waals surface area contributed by atoms with Gasteiger partial charge in [-0.15, -0.1) is 0 Å². The van der Waals surface area contributed by atoms with Crippen molar-refractivity contribution in [3.63, 3.8) is 0 Å². The minimum absolute atomic E-state index is 0.00325. The number of fused-ring (bicyclic) bond motifs is 1. The Morgan fingerprint density at radius 3 is 2.55 bits per heavy atom. The lowest BCUT2D eigenvalue weighted by Gasteiger charge is -2.30. The van der Waals surface area contributed by atoms with Crippen molar-refractivity contribution in [2.24, 2.45) is 0 Å². The summed E-state index contributed by atoms with van der Waals surface area (Å²) in [6.07, 6.45) is -0.0191. The molecule has 0 spiro atoms. The molecule has 3 N–H and O–H groups in total. The highest BCUT2D eigenvalue weighted by atomic mass is 19.4. The summed E-state index contributed by atoms with van der Waals surface area (Å²) in [5.41, 5.74) is 0.357. The normalized spacial score (nSPS) is 19.0. The Morgan fingerprint density at radius 1 is 1.10 bits per heavy atom. The highest BCUT2D eigenvalue weighted by Gasteiger charge is 2.34. The number of nitrogens with zero attached hydrogens (tertiary/aromatic N) is 2. The standard InChI is InChI=1S/C22H20F3N5O/c23-22(24,25)19-10-18(4-3-14(19)11-26)28-16-5-7-17(8-6-16)29-21(31)13-1-2-15-12-27-30-20(15)9-13/h1-4,9-10,12,16-17,28H,5-8H2,(H,27,30)(H,29,31). The van der Waals surface area contributed by atoms with Gasteiger partial charge >= 0.3 is 6.18 Å². The van der Waals surface area contributed by atoms with Gasteiger partial charge in [-0.25, -0.2) is 0 Å². The fourth-order valence-corrected chi connectivity index (χ4v) is 3.93. The number of halogens is 3. The van der Waals surface area contributed by atoms with Crippen molar-refractivity contribution in [2.45, 2.75) is 43.9 Å². The summed E-state index contributed by atoms with van der Waals surface area (Å²) in [7, 11) is 0. The Balaban J connectivity index is 1.33. The van der Waals surface area contributed by atoms with E-state index >= 15 is 0 Å². The van der Waals surface area contributed by atoms with E-state index in [0.717, 1.165) is 29.8 Å². The summed E-state index contributed by atoms with van der Waals surface area (Å²) >= 11 is 0. The maximum Gasteiger partial charge on any atom is 0.417 e. The zero-order chi connectivity index (χ0) is 22.0. The molecule has 3 aromatic rings. The average Bonchev–Trinajstić information content (AvgIpc) is 3.22. The van der Waals surface area contributed by atoms with E-state index in [2.05, 4.69) is 20.8 Å². The Hall–Kier alpha value is -3.54. The SMILES string of the molecule is N#Cc1ccc(NC2CCC(NC(=O)c3ccc4cn[nH]c4c3)CC2)cc1C(F)(F)F. The van der Waals surface area contributed by atoms with Crippen LogP contribution in [0.2, 0.25) is 0 Å². The van der Waals surface area contributed by atoms with E-state index in [1.165, 1.54) is 12.1 Å². The van der Waals surface area contributed by atoms with Crippen LogP contribution in [0.25, 0.3) is 10.9 Å². The molecule has 1 aliphatic carbocycles. The molecule has 0 bridgehead atoms. The molecule has 1 heterocycles. The summed E-state index contributed by atoms with van der Waals surface area (Å²) in [4.78, 5) is 12.5. The van der Waals surface area contributed by atoms with E-state index in [0.29, 0.717) is 24.1 Å². The maximum atomic E-state index is 13.1. The number of amides is 1. The summed E-state index contributed by atoms with van der Waals surface area (Å²) in [5, 5.41) is 22.8. The molecule has 1 fully saturated rings. The quantitative estimate of drug-likeness (QED) is 0.567. The molecule has 1 amide bonds. The van der Waals surface area contributed by atoms with Crippen molar-refractivity contribution in [3.05, 3.63) is 59.3 Å². The van der Waals surface area contributed by atoms with Crippen molar-refractivity contribution in [3.8, 4) is 6.07 Å². The smallest absolute Gasteiger partial charge is 0.382 e. The minimum Gasteiger partial charge on any atom is -0.382 e. The molecule has 6 nitrogen and oxygen atoms in total. The van der Waals surface area contributed by atoms with Crippen molar-refractivity contribution < 1.29 is 18.0 Å². The third-order valence-electron chi connectivity index (χ3n) is 5.58. The maximum absolute atomic E-state index is 13.1. The van der Waals surface area contributed by atoms with Gasteiger partial charge in [-0.05, 0) is 56.0 Å². The predicted molar refractivity (Wildman–Crippen MR) is 109 cm³/mol. The number of rotatable bonds is 4. The average molecular weight is 427 g/mol. The molecule has 4 rings (SSSR count). The van der Waals surface area contributed by atoms with Crippen molar-refractivity contribution in [1.82, 2.24) is 15.5 Å². The Bertz CT molecular complexity index is 1140. The van der Waals surface area contributed by atoms with Crippen LogP contribution in [0.3, 0.4) is 0 Å². The second-order valence-electron chi connectivity index (χ2n) is 7.71. The van der Waals surface area contributed by atoms with Gasteiger partial charge in [0, 0.05) is 28.7 Å². The van der Waals surface area contributed by atoms with E-state index < -0.39 is 17.3 Å². The van der Waals surface area contributed by atoms with Gasteiger partial charge in [0.2, 0.25) is 0 Å². The number of H-pyrrole nitrogens is 1. The molecule has 2 aromatic carbocycles. The Labute approximate surface area is 176 Å². The van der Waals surface area contributed by atoms with E-state index in [9.17, 15) is 18.0 Å². The van der Waals surface area contributed by atoms with E-state index in [-0.39, 0.29) is 18.0 Å². The number of carbonyl (C=O) groups is 1. The van der Waals surface area contributed by atoms with Gasteiger partial charge < -0.3 is 10.6 Å². The van der Waals surface area contributed by atoms with Gasteiger partial charge in [0.1, 0.15) is 0 Å². The highest BCUT2D eigenvalue weighted by Crippen LogP contribution is 2.34. The lowest BCUT2D eigenvalue weighted by Crippen LogP contribution is -2.40. The molecular weight excluding hydrogens is 407 g/mol. The van der Waals surface area contributed by atoms with Gasteiger partial charge in [0.25, 0.3) is 5.91 Å². The van der Waals surface area contributed by atoms with Crippen molar-refractivity contribution in [2.75, 3.05) is 5.32 Å². The number of nitrogens with one attached hydrogen (secondary N) is 3. The van der Waals surface area contributed by atoms with Gasteiger partial charge in [-0.1, -0.05) is 6.07 Å². The van der Waals surface area contributed by atoms with Crippen LogP contribution in [0.5, 0.6) is 0 Å². The molecule has 0 radical (unpaired) electrons. The molecule has 0 aliphatic heterocycles. The first-order chi connectivity index (χ1) is 14.8. The van der Waals surface area contributed by atoms with Crippen LogP contribution in [0, 0.1) is 11.3 Å². The van der Waals surface area contributed by atoms with Crippen molar-refractivity contribution in [1.29, 1.82) is 5.26 Å². The first-order valence-corrected chi connectivity index (χ1v) is 9.95. The number of benzene rings is 2. The number of nitriles is 1. The zero-order valence-corrected chi connectivity index (χ0v) is 16.5. The summed E-state index contributed by atoms with van der Waals surface area (Å²) < 4.78 is 39.4. The molecule has 9 heteroatoms. The second-order valence-corrected chi connectivity index (χ2v) is 7.71. The van der Waals surface area contributed by atoms with E-state index in [1.54, 1.807) is 24.4 Å². The first kappa shape index (κ1) is 20.7. The van der Waals surface area contributed by atoms with E-state index in [1.807, 2.05) is 6.07 Å². The van der Waals surface area contributed by atoms with Gasteiger partial charge in [-0.3, -0.25) is 9.89 Å². The third-order valence-corrected chi connectivity index (χ3v) is 5.58. The van der Waals surface area contributed by atoms with Gasteiger partial charge in [0.05, 0.1) is 28.9 Å². The summed E-state index contributed by atoms with van der Waals surface area (Å²) in [5.74, 6) is -0.158. The fourth-order valence-electron chi connectivity index (χ4n) is 3.93. The molecule has 1 aliphatic rings. The molecule has 0 saturated heterocycles. The Morgan fingerprint density at radius 2 is 1.84 bits per heavy atom. The Kier molecular flexibility index (Phi) is 5.55. The zero-order valence-electron chi connectivity index (χ0n) is 16.5. The number of anilines is 1. The van der Waals surface area contributed by atoms with Crippen LogP contribution in [0.4, 0.5) is 18.9 Å². The number of aromatic amines is 1. The number of aromatic nitrogens is 2. The lowest BCUT2D eigenvalue weighted by atomic mass is 9.90. The molecule has 31 heavy (non-hydrogen) atoms. The van der Waals surface area contributed by atoms with Crippen molar-refractivity contribution >= 4 is 22.5 Å². The number of hydrogen-bond acceptors (Lipinski definition) is 4. The highest BCUT2D eigenvalue weighted by molar-refractivity contribution is 5.97. The largest absolute Gasteiger partial charge is 0.417 e. The van der Waals surface area contributed by atoms with Crippen LogP contribution in [0.1, 0.15) is 47.2 Å². The van der Waals surface area contributed by atoms with Gasteiger partial charge in [0.15, 0.2) is 0 Å². The van der Waals surface area contributed by atoms with Crippen LogP contribution in [-0.4, -0.2) is 28.2 Å². The third kappa shape index (κ3) is 4.63. The topological polar surface area (TPSA) is 93.6 Å². The predicted octanol–water partition coefficient (Wildman–Crippen LogP) is 4.61. The van der Waals surface area contributed by atoms with Crippen LogP contribution in [0.15, 0.2) is 42.6 Å². The van der Waals surface area contributed by atoms with Crippen LogP contribution in [-0.2, 0) is 6.18 Å². The number of hydrogen-bond donors (Lipinski definition) is 3. The monoisotopic (exact) mass is 427 g/mol. The molecule has 0 atom stereocenters. The lowest BCUT2D eigenvalue weighted by molar-refractivity contribution is -0.137. The van der Waals surface area contributed by atoms with Crippen LogP contribution < -0.4 is 10.6 Å². The van der Waals surface area contributed by atoms with Crippen LogP contribution >= 0.6 is 0 Å². The molecule has 160 valence electrons. The van der Waals surface area contributed by atoms with E-state index in [4.69, 9.17) is 5.26 Å². The summed E-state index contributed by atoms with van der Waals surface area (Å²) in [6, 6.07) is 10.6. The second kappa shape index (κ2) is 8.30. The minimum atomic E-state index is -4.58.